The number of carbonyl (C=O) groups is 2. The van der Waals surface area contributed by atoms with Crippen molar-refractivity contribution in [2.75, 3.05) is 6.54 Å². The summed E-state index contributed by atoms with van der Waals surface area (Å²) in [5.74, 6) is 0.0817. The maximum Gasteiger partial charge on any atom is 0.251 e. The Hall–Kier alpha value is -2.42. The average Bonchev–Trinajstić information content (AvgIpc) is 2.98. The molecule has 128 valence electrons. The van der Waals surface area contributed by atoms with E-state index in [-0.39, 0.29) is 22.5 Å². The third-order valence-electron chi connectivity index (χ3n) is 6.11. The fourth-order valence-electron chi connectivity index (χ4n) is 4.39. The molecule has 0 saturated heterocycles. The minimum Gasteiger partial charge on any atom is -0.351 e. The summed E-state index contributed by atoms with van der Waals surface area (Å²) in [4.78, 5) is 24.7. The van der Waals surface area contributed by atoms with Crippen LogP contribution in [-0.4, -0.2) is 18.2 Å². The van der Waals surface area contributed by atoms with Crippen molar-refractivity contribution in [3.63, 3.8) is 0 Å². The van der Waals surface area contributed by atoms with E-state index in [4.69, 9.17) is 0 Å². The van der Waals surface area contributed by atoms with Gasteiger partial charge in [0, 0.05) is 29.5 Å². The number of benzene rings is 2. The van der Waals surface area contributed by atoms with E-state index in [1.807, 2.05) is 24.3 Å². The molecule has 1 atom stereocenters. The van der Waals surface area contributed by atoms with E-state index in [1.165, 1.54) is 5.56 Å². The maximum atomic E-state index is 12.8. The molecule has 1 fully saturated rings. The van der Waals surface area contributed by atoms with Crippen molar-refractivity contribution in [3.05, 3.63) is 70.8 Å². The highest BCUT2D eigenvalue weighted by atomic mass is 16.1. The molecule has 2 aliphatic carbocycles. The first-order chi connectivity index (χ1) is 11.9. The summed E-state index contributed by atoms with van der Waals surface area (Å²) < 4.78 is 0. The predicted molar refractivity (Wildman–Crippen MR) is 97.9 cm³/mol. The predicted octanol–water partition coefficient (Wildman–Crippen LogP) is 3.91. The number of amides is 1. The van der Waals surface area contributed by atoms with Gasteiger partial charge in [-0.3, -0.25) is 9.59 Å². The van der Waals surface area contributed by atoms with Crippen molar-refractivity contribution in [2.24, 2.45) is 5.41 Å². The van der Waals surface area contributed by atoms with Crippen molar-refractivity contribution in [1.29, 1.82) is 0 Å². The molecule has 0 radical (unpaired) electrons. The van der Waals surface area contributed by atoms with Gasteiger partial charge in [-0.05, 0) is 35.4 Å². The number of Topliss-reactive ketones (excluding diaryl/α,β-unsaturated/α-hetero) is 1. The van der Waals surface area contributed by atoms with Gasteiger partial charge in [-0.25, -0.2) is 0 Å². The van der Waals surface area contributed by atoms with Crippen LogP contribution in [0.15, 0.2) is 48.5 Å². The average molecular weight is 333 g/mol. The van der Waals surface area contributed by atoms with Gasteiger partial charge in [0.25, 0.3) is 5.91 Å². The van der Waals surface area contributed by atoms with Crippen LogP contribution in [0.5, 0.6) is 0 Å². The zero-order valence-corrected chi connectivity index (χ0v) is 14.8. The van der Waals surface area contributed by atoms with Crippen LogP contribution in [0, 0.1) is 5.41 Å². The van der Waals surface area contributed by atoms with E-state index in [1.54, 1.807) is 0 Å². The smallest absolute Gasteiger partial charge is 0.251 e. The first-order valence-corrected chi connectivity index (χ1v) is 8.93. The van der Waals surface area contributed by atoms with Crippen LogP contribution in [0.3, 0.4) is 0 Å². The highest BCUT2D eigenvalue weighted by Gasteiger charge is 2.61. The fourth-order valence-corrected chi connectivity index (χ4v) is 4.39. The molecule has 2 aliphatic rings. The molecule has 3 heteroatoms. The third kappa shape index (κ3) is 2.50. The lowest BCUT2D eigenvalue weighted by atomic mass is 9.87. The summed E-state index contributed by atoms with van der Waals surface area (Å²) >= 11 is 0. The Kier molecular flexibility index (Phi) is 3.57. The fraction of sp³-hybridized carbons (Fsp3) is 0.364. The Morgan fingerprint density at radius 2 is 1.76 bits per heavy atom. The van der Waals surface area contributed by atoms with Gasteiger partial charge >= 0.3 is 0 Å². The molecule has 3 nitrogen and oxygen atoms in total. The number of carbonyl (C=O) groups excluding carboxylic acids is 2. The van der Waals surface area contributed by atoms with Crippen molar-refractivity contribution >= 4 is 11.7 Å². The minimum absolute atomic E-state index is 0.00229. The van der Waals surface area contributed by atoms with Crippen molar-refractivity contribution in [2.45, 2.75) is 38.5 Å². The quantitative estimate of drug-likeness (QED) is 0.922. The lowest BCUT2D eigenvalue weighted by molar-refractivity contribution is 0.0946. The van der Waals surface area contributed by atoms with Gasteiger partial charge in [0.15, 0.2) is 5.78 Å². The monoisotopic (exact) mass is 333 g/mol. The van der Waals surface area contributed by atoms with Crippen LogP contribution in [0.2, 0.25) is 0 Å². The number of fused-ring (bicyclic) bond motifs is 1. The summed E-state index contributed by atoms with van der Waals surface area (Å²) in [5.41, 5.74) is 3.75. The summed E-state index contributed by atoms with van der Waals surface area (Å²) in [6, 6.07) is 15.9. The van der Waals surface area contributed by atoms with Gasteiger partial charge in [-0.15, -0.1) is 0 Å². The Labute approximate surface area is 148 Å². The molecule has 1 amide bonds. The lowest BCUT2D eigenvalue weighted by Gasteiger charge is -2.22. The number of hydrogen-bond donors (Lipinski definition) is 1. The van der Waals surface area contributed by atoms with E-state index < -0.39 is 0 Å². The maximum absolute atomic E-state index is 12.8. The van der Waals surface area contributed by atoms with Crippen LogP contribution in [-0.2, 0) is 11.8 Å². The molecule has 2 aromatic rings. The van der Waals surface area contributed by atoms with Crippen LogP contribution < -0.4 is 5.32 Å². The van der Waals surface area contributed by atoms with E-state index in [0.717, 1.165) is 17.5 Å². The molecule has 2 aromatic carbocycles. The number of rotatable bonds is 4. The molecule has 25 heavy (non-hydrogen) atoms. The molecule has 1 saturated carbocycles. The normalized spacial score (nSPS) is 23.2. The number of hydrogen-bond acceptors (Lipinski definition) is 2. The molecular formula is C22H23NO2. The van der Waals surface area contributed by atoms with E-state index in [9.17, 15) is 9.59 Å². The number of ketones is 1. The van der Waals surface area contributed by atoms with E-state index in [2.05, 4.69) is 43.4 Å². The molecule has 0 heterocycles. The minimum atomic E-state index is -0.0652. The Morgan fingerprint density at radius 1 is 1.04 bits per heavy atom. The van der Waals surface area contributed by atoms with Crippen LogP contribution in [0.4, 0.5) is 0 Å². The SMILES string of the molecule is CC1(C)C[C@]1(CNC(=O)c1cccc2c1CCC2=O)c1ccccc1. The molecular weight excluding hydrogens is 310 g/mol. The molecule has 0 aliphatic heterocycles. The van der Waals surface area contributed by atoms with Gasteiger partial charge in [0.2, 0.25) is 0 Å². The van der Waals surface area contributed by atoms with Gasteiger partial charge in [0.05, 0.1) is 0 Å². The van der Waals surface area contributed by atoms with Crippen LogP contribution in [0.1, 0.15) is 58.5 Å². The first-order valence-electron chi connectivity index (χ1n) is 8.93. The first kappa shape index (κ1) is 16.1. The third-order valence-corrected chi connectivity index (χ3v) is 6.11. The lowest BCUT2D eigenvalue weighted by Crippen LogP contribution is -2.35. The molecule has 0 unspecified atom stereocenters. The van der Waals surface area contributed by atoms with E-state index in [0.29, 0.717) is 24.9 Å². The number of nitrogens with one attached hydrogen (secondary N) is 1. The van der Waals surface area contributed by atoms with Crippen molar-refractivity contribution in [1.82, 2.24) is 5.32 Å². The zero-order chi connectivity index (χ0) is 17.7. The summed E-state index contributed by atoms with van der Waals surface area (Å²) in [5, 5.41) is 3.15. The highest BCUT2D eigenvalue weighted by molar-refractivity contribution is 6.05. The van der Waals surface area contributed by atoms with Crippen LogP contribution >= 0.6 is 0 Å². The van der Waals surface area contributed by atoms with Gasteiger partial charge in [-0.2, -0.15) is 0 Å². The van der Waals surface area contributed by atoms with Gasteiger partial charge in [-0.1, -0.05) is 56.3 Å². The second-order valence-electron chi connectivity index (χ2n) is 7.95. The van der Waals surface area contributed by atoms with Crippen LogP contribution in [0.25, 0.3) is 0 Å². The molecule has 0 bridgehead atoms. The molecule has 0 spiro atoms. The second kappa shape index (κ2) is 5.55. The highest BCUT2D eigenvalue weighted by Crippen LogP contribution is 2.63. The van der Waals surface area contributed by atoms with Crippen molar-refractivity contribution in [3.8, 4) is 0 Å². The summed E-state index contributed by atoms with van der Waals surface area (Å²) in [7, 11) is 0. The Morgan fingerprint density at radius 3 is 2.44 bits per heavy atom. The van der Waals surface area contributed by atoms with Gasteiger partial charge in [0.1, 0.15) is 0 Å². The van der Waals surface area contributed by atoms with Gasteiger partial charge < -0.3 is 5.32 Å². The summed E-state index contributed by atoms with van der Waals surface area (Å²) in [6.07, 6.45) is 2.25. The summed E-state index contributed by atoms with van der Waals surface area (Å²) in [6.45, 7) is 5.14. The second-order valence-corrected chi connectivity index (χ2v) is 7.95. The van der Waals surface area contributed by atoms with E-state index >= 15 is 0 Å². The van der Waals surface area contributed by atoms with Crippen molar-refractivity contribution < 1.29 is 9.59 Å². The molecule has 1 N–H and O–H groups in total. The molecule has 0 aromatic heterocycles. The zero-order valence-electron chi connectivity index (χ0n) is 14.8. The Bertz CT molecular complexity index is 854. The topological polar surface area (TPSA) is 46.2 Å². The largest absolute Gasteiger partial charge is 0.351 e. The molecule has 4 rings (SSSR count). The standard InChI is InChI=1S/C22H23NO2/c1-21(2)13-22(21,15-7-4-3-5-8-15)14-23-20(25)18-10-6-9-17-16(18)11-12-19(17)24/h3-10H,11-14H2,1-2H3,(H,23,25)/t22-/m0/s1. The Balaban J connectivity index is 1.56.